The third-order valence-electron chi connectivity index (χ3n) is 3.42. The second-order valence-electron chi connectivity index (χ2n) is 5.29. The van der Waals surface area contributed by atoms with Crippen molar-refractivity contribution in [3.63, 3.8) is 0 Å². The predicted octanol–water partition coefficient (Wildman–Crippen LogP) is 1.58. The van der Waals surface area contributed by atoms with E-state index >= 15 is 0 Å². The summed E-state index contributed by atoms with van der Waals surface area (Å²) in [6.45, 7) is 4.27. The molecule has 0 saturated heterocycles. The molecule has 1 saturated carbocycles. The number of rotatable bonds is 9. The highest BCUT2D eigenvalue weighted by Gasteiger charge is 2.52. The Morgan fingerprint density at radius 3 is 2.38 bits per heavy atom. The molecule has 4 nitrogen and oxygen atoms in total. The zero-order chi connectivity index (χ0) is 15.3. The molecule has 0 heterocycles. The van der Waals surface area contributed by atoms with Gasteiger partial charge in [0, 0.05) is 5.92 Å². The van der Waals surface area contributed by atoms with Crippen LogP contribution in [-0.4, -0.2) is 41.8 Å². The zero-order valence-electron chi connectivity index (χ0n) is 12.1. The molecule has 0 radical (unpaired) electrons. The van der Waals surface area contributed by atoms with E-state index in [1.54, 1.807) is 0 Å². The van der Waals surface area contributed by atoms with Crippen molar-refractivity contribution in [1.29, 1.82) is 0 Å². The molecular weight excluding hydrogens is 313 g/mol. The molecule has 118 valence electrons. The van der Waals surface area contributed by atoms with Crippen molar-refractivity contribution >= 4 is 23.2 Å². The molecule has 0 unspecified atom stereocenters. The number of benzene rings is 1. The van der Waals surface area contributed by atoms with Crippen LogP contribution in [0.15, 0.2) is 24.3 Å². The van der Waals surface area contributed by atoms with E-state index in [9.17, 15) is 5.11 Å². The summed E-state index contributed by atoms with van der Waals surface area (Å²) in [6.07, 6.45) is 0.321. The first kappa shape index (κ1) is 16.7. The number of hydrogen-bond acceptors (Lipinski definition) is 3. The summed E-state index contributed by atoms with van der Waals surface area (Å²) in [5.41, 5.74) is 0. The molecule has 1 aliphatic rings. The Bertz CT molecular complexity index is 439. The highest BCUT2D eigenvalue weighted by atomic mass is 35.5. The maximum absolute atomic E-state index is 9.87. The summed E-state index contributed by atoms with van der Waals surface area (Å²) in [7, 11) is 0. The summed E-state index contributed by atoms with van der Waals surface area (Å²) < 4.78 is 10.3. The van der Waals surface area contributed by atoms with Crippen LogP contribution in [0.1, 0.15) is 13.3 Å². The molecule has 2 rings (SSSR count). The molecule has 3 N–H and O–H groups in total. The van der Waals surface area contributed by atoms with Crippen LogP contribution in [0.4, 0.5) is 0 Å². The quantitative estimate of drug-likeness (QED) is 0.674. The van der Waals surface area contributed by atoms with Crippen molar-refractivity contribution in [2.45, 2.75) is 23.8 Å². The van der Waals surface area contributed by atoms with Gasteiger partial charge in [0.15, 0.2) is 0 Å². The Kier molecular flexibility index (Phi) is 5.99. The van der Waals surface area contributed by atoms with Gasteiger partial charge < -0.3 is 19.9 Å². The second kappa shape index (κ2) is 7.54. The van der Waals surface area contributed by atoms with Crippen LogP contribution in [0.2, 0.25) is 0 Å². The lowest BCUT2D eigenvalue weighted by Gasteiger charge is -2.12. The van der Waals surface area contributed by atoms with Gasteiger partial charge in [-0.2, -0.15) is 0 Å². The van der Waals surface area contributed by atoms with Crippen LogP contribution in [-0.2, 0) is 0 Å². The van der Waals surface area contributed by atoms with Crippen LogP contribution in [0.25, 0.3) is 0 Å². The van der Waals surface area contributed by atoms with Gasteiger partial charge in [0.05, 0.1) is 13.2 Å². The van der Waals surface area contributed by atoms with E-state index in [1.807, 2.05) is 36.5 Å². The highest BCUT2D eigenvalue weighted by molar-refractivity contribution is 6.50. The van der Waals surface area contributed by atoms with E-state index in [1.165, 1.54) is 0 Å². The molecule has 0 aromatic heterocycles. The molecule has 0 spiro atoms. The molecule has 2 atom stereocenters. The van der Waals surface area contributed by atoms with Crippen LogP contribution < -0.4 is 14.8 Å². The molecule has 0 aliphatic heterocycles. The van der Waals surface area contributed by atoms with E-state index in [4.69, 9.17) is 32.7 Å². The van der Waals surface area contributed by atoms with Gasteiger partial charge in [0.25, 0.3) is 0 Å². The topological polar surface area (TPSA) is 55.3 Å². The van der Waals surface area contributed by atoms with Gasteiger partial charge in [-0.25, -0.2) is 0 Å². The van der Waals surface area contributed by atoms with E-state index in [2.05, 4.69) is 0 Å². The van der Waals surface area contributed by atoms with Gasteiger partial charge in [-0.3, -0.25) is 0 Å². The number of halogens is 2. The van der Waals surface area contributed by atoms with E-state index in [0.29, 0.717) is 19.1 Å². The highest BCUT2D eigenvalue weighted by Crippen LogP contribution is 2.52. The molecule has 0 amide bonds. The molecule has 6 heteroatoms. The van der Waals surface area contributed by atoms with Gasteiger partial charge >= 0.3 is 0 Å². The Hall–Kier alpha value is -0.680. The van der Waals surface area contributed by atoms with Crippen LogP contribution in [0.3, 0.4) is 0 Å². The SMILES string of the molecule is CCOc1ccc(OC[C@@H](O)C[NH2+]C[C@@H]2CC2(Cl)Cl)cc1. The first-order valence-electron chi connectivity index (χ1n) is 7.24. The second-order valence-corrected chi connectivity index (χ2v) is 6.83. The summed E-state index contributed by atoms with van der Waals surface area (Å²) >= 11 is 11.9. The molecule has 1 fully saturated rings. The molecule has 1 aromatic rings. The van der Waals surface area contributed by atoms with Gasteiger partial charge in [-0.15, -0.1) is 23.2 Å². The van der Waals surface area contributed by atoms with Crippen molar-refractivity contribution in [1.82, 2.24) is 0 Å². The standard InChI is InChI=1S/C15H21Cl2NO3/c1-2-20-13-3-5-14(6-4-13)21-10-12(19)9-18-8-11-7-15(11,16)17/h3-6,11-12,18-19H,2,7-10H2,1H3/p+1/t11-,12-/m0/s1. The molecular formula is C15H22Cl2NO3+. The smallest absolute Gasteiger partial charge is 0.137 e. The number of aliphatic hydroxyl groups excluding tert-OH is 1. The number of alkyl halides is 2. The first-order valence-corrected chi connectivity index (χ1v) is 8.00. The van der Waals surface area contributed by atoms with E-state index in [0.717, 1.165) is 24.5 Å². The zero-order valence-corrected chi connectivity index (χ0v) is 13.6. The van der Waals surface area contributed by atoms with E-state index in [-0.39, 0.29) is 6.61 Å². The molecule has 21 heavy (non-hydrogen) atoms. The number of quaternary nitrogens is 1. The number of aliphatic hydroxyl groups is 1. The Morgan fingerprint density at radius 1 is 1.29 bits per heavy atom. The maximum atomic E-state index is 9.87. The van der Waals surface area contributed by atoms with Crippen molar-refractivity contribution in [2.24, 2.45) is 5.92 Å². The fraction of sp³-hybridized carbons (Fsp3) is 0.600. The lowest BCUT2D eigenvalue weighted by molar-refractivity contribution is -0.663. The average molecular weight is 335 g/mol. The van der Waals surface area contributed by atoms with E-state index < -0.39 is 10.4 Å². The monoisotopic (exact) mass is 334 g/mol. The summed E-state index contributed by atoms with van der Waals surface area (Å²) in [6, 6.07) is 7.37. The number of nitrogens with two attached hydrogens (primary N) is 1. The van der Waals surface area contributed by atoms with Gasteiger partial charge in [0.2, 0.25) is 0 Å². The lowest BCUT2D eigenvalue weighted by atomic mass is 10.3. The summed E-state index contributed by atoms with van der Waals surface area (Å²) in [5, 5.41) is 11.9. The van der Waals surface area contributed by atoms with Gasteiger partial charge in [-0.05, 0) is 37.6 Å². The molecule has 1 aliphatic carbocycles. The number of hydrogen-bond donors (Lipinski definition) is 2. The van der Waals surface area contributed by atoms with Crippen molar-refractivity contribution in [3.8, 4) is 11.5 Å². The van der Waals surface area contributed by atoms with Crippen molar-refractivity contribution < 1.29 is 19.9 Å². The summed E-state index contributed by atoms with van der Waals surface area (Å²) in [4.78, 5) is 0. The Labute approximate surface area is 135 Å². The van der Waals surface area contributed by atoms with Crippen LogP contribution in [0.5, 0.6) is 11.5 Å². The fourth-order valence-corrected chi connectivity index (χ4v) is 2.63. The third-order valence-corrected chi connectivity index (χ3v) is 4.35. The number of ether oxygens (including phenoxy) is 2. The predicted molar refractivity (Wildman–Crippen MR) is 83.3 cm³/mol. The van der Waals surface area contributed by atoms with Crippen LogP contribution in [0, 0.1) is 5.92 Å². The minimum Gasteiger partial charge on any atom is -0.494 e. The molecule has 1 aromatic carbocycles. The summed E-state index contributed by atoms with van der Waals surface area (Å²) in [5.74, 6) is 1.87. The van der Waals surface area contributed by atoms with Crippen molar-refractivity contribution in [2.75, 3.05) is 26.3 Å². The Morgan fingerprint density at radius 2 is 1.86 bits per heavy atom. The minimum atomic E-state index is -0.541. The van der Waals surface area contributed by atoms with Gasteiger partial charge in [0.1, 0.15) is 35.1 Å². The largest absolute Gasteiger partial charge is 0.494 e. The maximum Gasteiger partial charge on any atom is 0.137 e. The van der Waals surface area contributed by atoms with Crippen molar-refractivity contribution in [3.05, 3.63) is 24.3 Å². The first-order chi connectivity index (χ1) is 10.0. The Balaban J connectivity index is 1.60. The normalized spacial score (nSPS) is 20.9. The van der Waals surface area contributed by atoms with Crippen LogP contribution >= 0.6 is 23.2 Å². The third kappa shape index (κ3) is 5.55. The average Bonchev–Trinajstić information content (AvgIpc) is 3.06. The fourth-order valence-electron chi connectivity index (χ4n) is 2.07. The molecule has 0 bridgehead atoms. The lowest BCUT2D eigenvalue weighted by Crippen LogP contribution is -2.87. The van der Waals surface area contributed by atoms with Gasteiger partial charge in [-0.1, -0.05) is 0 Å². The minimum absolute atomic E-state index is 0.266.